The summed E-state index contributed by atoms with van der Waals surface area (Å²) in [6.45, 7) is 0.839. The first kappa shape index (κ1) is 18.9. The lowest BCUT2D eigenvalue weighted by Gasteiger charge is -2.32. The molecule has 10 heteroatoms. The van der Waals surface area contributed by atoms with Crippen molar-refractivity contribution in [3.05, 3.63) is 64.5 Å². The lowest BCUT2D eigenvalue weighted by atomic mass is 10.1. The number of sulfonamides is 1. The van der Waals surface area contributed by atoms with Gasteiger partial charge in [0.05, 0.1) is 9.82 Å². The Labute approximate surface area is 156 Å². The standard InChI is InChI=1S/C17H18N4O5S/c22-17(16-3-1-2-10-18-16)20-11-8-13(9-12-20)19-27(25,26)15-6-4-14(5-7-15)21(23)24/h1-7,10,13,19H,8-9,11-12H2. The minimum atomic E-state index is -3.78. The molecule has 27 heavy (non-hydrogen) atoms. The molecule has 2 heterocycles. The van der Waals surface area contributed by atoms with Gasteiger partial charge >= 0.3 is 0 Å². The first-order chi connectivity index (χ1) is 12.9. The Bertz CT molecular complexity index is 924. The van der Waals surface area contributed by atoms with E-state index in [9.17, 15) is 23.3 Å². The molecule has 0 unspecified atom stereocenters. The number of aromatic nitrogens is 1. The predicted molar refractivity (Wildman–Crippen MR) is 96.6 cm³/mol. The second kappa shape index (κ2) is 7.80. The number of piperidine rings is 1. The van der Waals surface area contributed by atoms with Crippen LogP contribution in [-0.2, 0) is 10.0 Å². The fourth-order valence-electron chi connectivity index (χ4n) is 2.89. The second-order valence-electron chi connectivity index (χ2n) is 6.15. The molecule has 1 aromatic heterocycles. The summed E-state index contributed by atoms with van der Waals surface area (Å²) >= 11 is 0. The van der Waals surface area contributed by atoms with Crippen molar-refractivity contribution in [2.45, 2.75) is 23.8 Å². The number of benzene rings is 1. The van der Waals surface area contributed by atoms with Crippen LogP contribution in [0.15, 0.2) is 53.6 Å². The maximum atomic E-state index is 12.4. The van der Waals surface area contributed by atoms with Gasteiger partial charge in [-0.05, 0) is 37.1 Å². The average Bonchev–Trinajstić information content (AvgIpc) is 2.68. The number of nitro groups is 1. The van der Waals surface area contributed by atoms with Crippen LogP contribution in [0.25, 0.3) is 0 Å². The summed E-state index contributed by atoms with van der Waals surface area (Å²) in [6.07, 6.45) is 2.51. The molecule has 2 aromatic rings. The maximum Gasteiger partial charge on any atom is 0.272 e. The number of hydrogen-bond donors (Lipinski definition) is 1. The Kier molecular flexibility index (Phi) is 5.47. The number of nitrogens with zero attached hydrogens (tertiary/aromatic N) is 3. The Hall–Kier alpha value is -2.85. The van der Waals surface area contributed by atoms with Crippen LogP contribution in [0.1, 0.15) is 23.3 Å². The third kappa shape index (κ3) is 4.47. The van der Waals surface area contributed by atoms with E-state index in [-0.39, 0.29) is 22.5 Å². The highest BCUT2D eigenvalue weighted by atomic mass is 32.2. The van der Waals surface area contributed by atoms with Gasteiger partial charge in [-0.2, -0.15) is 0 Å². The van der Waals surface area contributed by atoms with Crippen molar-refractivity contribution < 1.29 is 18.1 Å². The number of rotatable bonds is 5. The van der Waals surface area contributed by atoms with Gasteiger partial charge in [0.1, 0.15) is 5.69 Å². The van der Waals surface area contributed by atoms with Crippen molar-refractivity contribution in [1.82, 2.24) is 14.6 Å². The number of likely N-dealkylation sites (tertiary alicyclic amines) is 1. The maximum absolute atomic E-state index is 12.4. The lowest BCUT2D eigenvalue weighted by molar-refractivity contribution is -0.384. The summed E-state index contributed by atoms with van der Waals surface area (Å²) in [5.41, 5.74) is 0.192. The fourth-order valence-corrected chi connectivity index (χ4v) is 4.19. The minimum Gasteiger partial charge on any atom is -0.337 e. The molecule has 1 saturated heterocycles. The van der Waals surface area contributed by atoms with Crippen molar-refractivity contribution in [2.24, 2.45) is 0 Å². The zero-order chi connectivity index (χ0) is 19.4. The summed E-state index contributed by atoms with van der Waals surface area (Å²) in [7, 11) is -3.78. The number of non-ortho nitro benzene ring substituents is 1. The van der Waals surface area contributed by atoms with Crippen LogP contribution < -0.4 is 4.72 Å². The molecule has 0 saturated carbocycles. The fraction of sp³-hybridized carbons (Fsp3) is 0.294. The highest BCUT2D eigenvalue weighted by Crippen LogP contribution is 2.19. The molecule has 0 aliphatic carbocycles. The second-order valence-corrected chi connectivity index (χ2v) is 7.87. The van der Waals surface area contributed by atoms with Gasteiger partial charge in [-0.3, -0.25) is 19.9 Å². The zero-order valence-electron chi connectivity index (χ0n) is 14.3. The number of nitro benzene ring substituents is 1. The molecule has 9 nitrogen and oxygen atoms in total. The smallest absolute Gasteiger partial charge is 0.272 e. The normalized spacial score (nSPS) is 15.5. The first-order valence-electron chi connectivity index (χ1n) is 8.34. The molecule has 1 fully saturated rings. The average molecular weight is 390 g/mol. The molecule has 142 valence electrons. The number of carbonyl (C=O) groups is 1. The van der Waals surface area contributed by atoms with E-state index >= 15 is 0 Å². The van der Waals surface area contributed by atoms with E-state index < -0.39 is 14.9 Å². The van der Waals surface area contributed by atoms with Crippen LogP contribution in [0.3, 0.4) is 0 Å². The highest BCUT2D eigenvalue weighted by Gasteiger charge is 2.27. The van der Waals surface area contributed by atoms with Gasteiger partial charge in [-0.15, -0.1) is 0 Å². The molecule has 1 N–H and O–H groups in total. The predicted octanol–water partition coefficient (Wildman–Crippen LogP) is 1.57. The number of amides is 1. The van der Waals surface area contributed by atoms with Crippen molar-refractivity contribution in [3.63, 3.8) is 0 Å². The van der Waals surface area contributed by atoms with Crippen LogP contribution in [0.2, 0.25) is 0 Å². The Morgan fingerprint density at radius 3 is 2.37 bits per heavy atom. The number of pyridine rings is 1. The molecule has 1 aliphatic heterocycles. The van der Waals surface area contributed by atoms with E-state index in [0.717, 1.165) is 12.1 Å². The molecular formula is C17H18N4O5S. The summed E-state index contributed by atoms with van der Waals surface area (Å²) in [5.74, 6) is -0.174. The molecule has 1 aromatic carbocycles. The van der Waals surface area contributed by atoms with E-state index in [1.807, 2.05) is 0 Å². The molecule has 3 rings (SSSR count). The quantitative estimate of drug-likeness (QED) is 0.611. The monoisotopic (exact) mass is 390 g/mol. The van der Waals surface area contributed by atoms with Crippen molar-refractivity contribution in [2.75, 3.05) is 13.1 Å². The van der Waals surface area contributed by atoms with Gasteiger partial charge in [0.2, 0.25) is 10.0 Å². The van der Waals surface area contributed by atoms with E-state index in [4.69, 9.17) is 0 Å². The highest BCUT2D eigenvalue weighted by molar-refractivity contribution is 7.89. The van der Waals surface area contributed by atoms with Gasteiger partial charge in [0.25, 0.3) is 11.6 Å². The SMILES string of the molecule is O=C(c1ccccn1)N1CCC(NS(=O)(=O)c2ccc([N+](=O)[O-])cc2)CC1. The summed E-state index contributed by atoms with van der Waals surface area (Å²) in [6, 6.07) is 9.54. The Morgan fingerprint density at radius 1 is 1.15 bits per heavy atom. The van der Waals surface area contributed by atoms with Crippen molar-refractivity contribution >= 4 is 21.6 Å². The van der Waals surface area contributed by atoms with Crippen LogP contribution in [0.5, 0.6) is 0 Å². The van der Waals surface area contributed by atoms with E-state index in [1.54, 1.807) is 29.3 Å². The zero-order valence-corrected chi connectivity index (χ0v) is 15.1. The van der Waals surface area contributed by atoms with Gasteiger partial charge in [-0.1, -0.05) is 6.07 Å². The Morgan fingerprint density at radius 2 is 1.81 bits per heavy atom. The number of hydrogen-bond acceptors (Lipinski definition) is 6. The topological polar surface area (TPSA) is 123 Å². The van der Waals surface area contributed by atoms with Gasteiger partial charge in [0, 0.05) is 37.5 Å². The number of carbonyl (C=O) groups excluding carboxylic acids is 1. The molecule has 1 amide bonds. The van der Waals surface area contributed by atoms with Crippen molar-refractivity contribution in [3.8, 4) is 0 Å². The van der Waals surface area contributed by atoms with E-state index in [0.29, 0.717) is 31.6 Å². The summed E-state index contributed by atoms with van der Waals surface area (Å²) in [5, 5.41) is 10.7. The van der Waals surface area contributed by atoms with E-state index in [1.165, 1.54) is 12.1 Å². The van der Waals surface area contributed by atoms with E-state index in [2.05, 4.69) is 9.71 Å². The van der Waals surface area contributed by atoms with Gasteiger partial charge in [-0.25, -0.2) is 13.1 Å². The molecule has 0 spiro atoms. The van der Waals surface area contributed by atoms with Crippen LogP contribution in [0.4, 0.5) is 5.69 Å². The molecule has 0 radical (unpaired) electrons. The molecular weight excluding hydrogens is 372 g/mol. The van der Waals surface area contributed by atoms with Gasteiger partial charge in [0.15, 0.2) is 0 Å². The van der Waals surface area contributed by atoms with Crippen LogP contribution >= 0.6 is 0 Å². The summed E-state index contributed by atoms with van der Waals surface area (Å²) < 4.78 is 27.5. The molecule has 0 atom stereocenters. The first-order valence-corrected chi connectivity index (χ1v) is 9.82. The third-order valence-corrected chi connectivity index (χ3v) is 5.88. The minimum absolute atomic E-state index is 0.0277. The Balaban J connectivity index is 1.59. The van der Waals surface area contributed by atoms with Crippen LogP contribution in [-0.4, -0.2) is 48.3 Å². The molecule has 0 bridgehead atoms. The largest absolute Gasteiger partial charge is 0.337 e. The lowest BCUT2D eigenvalue weighted by Crippen LogP contribution is -2.46. The van der Waals surface area contributed by atoms with Crippen molar-refractivity contribution in [1.29, 1.82) is 0 Å². The number of nitrogens with one attached hydrogen (secondary N) is 1. The summed E-state index contributed by atoms with van der Waals surface area (Å²) in [4.78, 5) is 28.1. The molecule has 1 aliphatic rings. The third-order valence-electron chi connectivity index (χ3n) is 4.35. The van der Waals surface area contributed by atoms with Gasteiger partial charge < -0.3 is 4.90 Å². The van der Waals surface area contributed by atoms with Crippen LogP contribution in [0, 0.1) is 10.1 Å².